The van der Waals surface area contributed by atoms with Crippen LogP contribution in [0.15, 0.2) is 54.7 Å². The van der Waals surface area contributed by atoms with Gasteiger partial charge in [-0.2, -0.15) is 0 Å². The van der Waals surface area contributed by atoms with E-state index in [1.165, 1.54) is 13.2 Å². The normalized spacial score (nSPS) is 10.8. The molecule has 1 aromatic heterocycles. The summed E-state index contributed by atoms with van der Waals surface area (Å²) in [5.74, 6) is 1.47. The third kappa shape index (κ3) is 3.30. The number of fused-ring (bicyclic) bond motifs is 1. The molecular formula is C24H22FNO4. The maximum absolute atomic E-state index is 14.3. The van der Waals surface area contributed by atoms with Crippen molar-refractivity contribution in [2.75, 3.05) is 28.4 Å². The summed E-state index contributed by atoms with van der Waals surface area (Å²) in [7, 11) is 6.20. The molecule has 0 unspecified atom stereocenters. The number of methoxy groups -OCH3 is 4. The average Bonchev–Trinajstić information content (AvgIpc) is 3.26. The maximum Gasteiger partial charge on any atom is 0.203 e. The highest BCUT2D eigenvalue weighted by Crippen LogP contribution is 2.43. The third-order valence-corrected chi connectivity index (χ3v) is 5.13. The lowest BCUT2D eigenvalue weighted by atomic mass is 9.95. The van der Waals surface area contributed by atoms with Gasteiger partial charge in [0.2, 0.25) is 5.75 Å². The molecule has 0 saturated heterocycles. The Labute approximate surface area is 174 Å². The Morgan fingerprint density at radius 2 is 1.37 bits per heavy atom. The fourth-order valence-electron chi connectivity index (χ4n) is 3.66. The summed E-state index contributed by atoms with van der Waals surface area (Å²) >= 11 is 0. The van der Waals surface area contributed by atoms with Gasteiger partial charge in [0, 0.05) is 17.1 Å². The minimum Gasteiger partial charge on any atom is -0.494 e. The Kier molecular flexibility index (Phi) is 5.23. The van der Waals surface area contributed by atoms with E-state index in [1.807, 2.05) is 42.6 Å². The second kappa shape index (κ2) is 7.99. The molecule has 4 rings (SSSR count). The topological polar surface area (TPSA) is 52.7 Å². The van der Waals surface area contributed by atoms with Crippen molar-refractivity contribution in [2.24, 2.45) is 0 Å². The van der Waals surface area contributed by atoms with Crippen molar-refractivity contribution in [3.8, 4) is 45.3 Å². The summed E-state index contributed by atoms with van der Waals surface area (Å²) in [5, 5.41) is 1.03. The zero-order valence-corrected chi connectivity index (χ0v) is 17.2. The Hall–Kier alpha value is -3.67. The van der Waals surface area contributed by atoms with E-state index in [0.29, 0.717) is 17.2 Å². The van der Waals surface area contributed by atoms with Crippen molar-refractivity contribution in [1.82, 2.24) is 4.98 Å². The smallest absolute Gasteiger partial charge is 0.203 e. The van der Waals surface area contributed by atoms with Gasteiger partial charge >= 0.3 is 0 Å². The number of ether oxygens (including phenoxy) is 4. The highest BCUT2D eigenvalue weighted by Gasteiger charge is 2.17. The van der Waals surface area contributed by atoms with E-state index >= 15 is 0 Å². The molecule has 0 amide bonds. The van der Waals surface area contributed by atoms with Crippen molar-refractivity contribution < 1.29 is 23.3 Å². The molecule has 154 valence electrons. The fourth-order valence-corrected chi connectivity index (χ4v) is 3.66. The molecule has 5 nitrogen and oxygen atoms in total. The number of aromatic nitrogens is 1. The van der Waals surface area contributed by atoms with Crippen molar-refractivity contribution in [3.63, 3.8) is 0 Å². The molecule has 30 heavy (non-hydrogen) atoms. The highest BCUT2D eigenvalue weighted by atomic mass is 19.1. The number of hydrogen-bond donors (Lipinski definition) is 1. The van der Waals surface area contributed by atoms with Crippen molar-refractivity contribution >= 4 is 10.9 Å². The van der Waals surface area contributed by atoms with E-state index in [9.17, 15) is 4.39 Å². The fraction of sp³-hybridized carbons (Fsp3) is 0.167. The lowest BCUT2D eigenvalue weighted by molar-refractivity contribution is 0.324. The largest absolute Gasteiger partial charge is 0.494 e. The van der Waals surface area contributed by atoms with Crippen LogP contribution in [0.1, 0.15) is 0 Å². The van der Waals surface area contributed by atoms with E-state index < -0.39 is 5.82 Å². The van der Waals surface area contributed by atoms with Crippen LogP contribution in [0.5, 0.6) is 23.0 Å². The maximum atomic E-state index is 14.3. The zero-order chi connectivity index (χ0) is 21.3. The summed E-state index contributed by atoms with van der Waals surface area (Å²) in [6.07, 6.45) is 1.88. The van der Waals surface area contributed by atoms with E-state index in [-0.39, 0.29) is 5.75 Å². The minimum atomic E-state index is -0.407. The van der Waals surface area contributed by atoms with Gasteiger partial charge in [0.05, 0.1) is 28.4 Å². The van der Waals surface area contributed by atoms with Gasteiger partial charge in [0.15, 0.2) is 23.1 Å². The first-order valence-corrected chi connectivity index (χ1v) is 9.35. The van der Waals surface area contributed by atoms with Crippen LogP contribution in [-0.4, -0.2) is 33.4 Å². The number of hydrogen-bond acceptors (Lipinski definition) is 4. The number of aromatic amines is 1. The van der Waals surface area contributed by atoms with Crippen LogP contribution in [0.4, 0.5) is 4.39 Å². The molecular weight excluding hydrogens is 385 g/mol. The Morgan fingerprint density at radius 3 is 1.97 bits per heavy atom. The summed E-state index contributed by atoms with van der Waals surface area (Å²) in [6, 6.07) is 14.8. The van der Waals surface area contributed by atoms with Crippen LogP contribution in [0.2, 0.25) is 0 Å². The first-order valence-electron chi connectivity index (χ1n) is 9.35. The molecule has 0 fully saturated rings. The van der Waals surface area contributed by atoms with Crippen LogP contribution < -0.4 is 18.9 Å². The highest BCUT2D eigenvalue weighted by molar-refractivity contribution is 5.99. The van der Waals surface area contributed by atoms with Gasteiger partial charge in [-0.05, 0) is 64.7 Å². The van der Waals surface area contributed by atoms with Gasteiger partial charge in [0.1, 0.15) is 0 Å². The van der Waals surface area contributed by atoms with E-state index in [0.717, 1.165) is 33.2 Å². The molecule has 0 saturated carbocycles. The molecule has 0 spiro atoms. The number of benzene rings is 3. The van der Waals surface area contributed by atoms with Gasteiger partial charge < -0.3 is 23.9 Å². The Bertz CT molecular complexity index is 1190. The summed E-state index contributed by atoms with van der Waals surface area (Å²) in [5.41, 5.74) is 4.41. The molecule has 6 heteroatoms. The first-order chi connectivity index (χ1) is 14.6. The first kappa shape index (κ1) is 19.6. The van der Waals surface area contributed by atoms with Crippen molar-refractivity contribution in [1.29, 1.82) is 0 Å². The van der Waals surface area contributed by atoms with Crippen LogP contribution >= 0.6 is 0 Å². The summed E-state index contributed by atoms with van der Waals surface area (Å²) < 4.78 is 35.8. The third-order valence-electron chi connectivity index (χ3n) is 5.13. The van der Waals surface area contributed by atoms with Gasteiger partial charge in [-0.25, -0.2) is 4.39 Å². The molecule has 0 aliphatic carbocycles. The van der Waals surface area contributed by atoms with Crippen molar-refractivity contribution in [2.45, 2.75) is 0 Å². The van der Waals surface area contributed by atoms with Crippen LogP contribution in [0.3, 0.4) is 0 Å². The molecule has 1 heterocycles. The van der Waals surface area contributed by atoms with Gasteiger partial charge in [-0.1, -0.05) is 6.07 Å². The molecule has 0 aliphatic rings. The summed E-state index contributed by atoms with van der Waals surface area (Å²) in [4.78, 5) is 3.25. The Morgan fingerprint density at radius 1 is 0.667 bits per heavy atom. The lowest BCUT2D eigenvalue weighted by Crippen LogP contribution is -1.96. The molecule has 0 radical (unpaired) electrons. The molecule has 4 aromatic rings. The average molecular weight is 407 g/mol. The standard InChI is InChI=1S/C24H22FNO4/c1-27-21-6-5-14(10-19(21)25)15-9-18(17-7-8-26-20(17)11-15)16-12-22(28-2)24(30-4)23(13-16)29-3/h5-13,26H,1-4H3. The number of H-pyrrole nitrogens is 1. The molecule has 0 aliphatic heterocycles. The van der Waals surface area contributed by atoms with Crippen LogP contribution in [-0.2, 0) is 0 Å². The lowest BCUT2D eigenvalue weighted by Gasteiger charge is -2.15. The monoisotopic (exact) mass is 407 g/mol. The number of halogens is 1. The number of rotatable bonds is 6. The molecule has 0 bridgehead atoms. The van der Waals surface area contributed by atoms with E-state index in [4.69, 9.17) is 18.9 Å². The van der Waals surface area contributed by atoms with Gasteiger partial charge in [-0.15, -0.1) is 0 Å². The van der Waals surface area contributed by atoms with Crippen LogP contribution in [0, 0.1) is 5.82 Å². The number of nitrogens with one attached hydrogen (secondary N) is 1. The minimum absolute atomic E-state index is 0.213. The zero-order valence-electron chi connectivity index (χ0n) is 17.2. The second-order valence-corrected chi connectivity index (χ2v) is 6.73. The molecule has 0 atom stereocenters. The summed E-state index contributed by atoms with van der Waals surface area (Å²) in [6.45, 7) is 0. The van der Waals surface area contributed by atoms with E-state index in [1.54, 1.807) is 27.4 Å². The van der Waals surface area contributed by atoms with Gasteiger partial charge in [0.25, 0.3) is 0 Å². The SMILES string of the molecule is COc1ccc(-c2cc(-c3cc(OC)c(OC)c(OC)c3)c3cc[nH]c3c2)cc1F. The van der Waals surface area contributed by atoms with Crippen LogP contribution in [0.25, 0.3) is 33.2 Å². The second-order valence-electron chi connectivity index (χ2n) is 6.73. The van der Waals surface area contributed by atoms with E-state index in [2.05, 4.69) is 4.98 Å². The quantitative estimate of drug-likeness (QED) is 0.447. The van der Waals surface area contributed by atoms with Gasteiger partial charge in [-0.3, -0.25) is 0 Å². The van der Waals surface area contributed by atoms with Crippen molar-refractivity contribution in [3.05, 3.63) is 60.5 Å². The molecule has 1 N–H and O–H groups in total. The Balaban J connectivity index is 1.94. The predicted octanol–water partition coefficient (Wildman–Crippen LogP) is 5.68. The predicted molar refractivity (Wildman–Crippen MR) is 115 cm³/mol. The molecule has 3 aromatic carbocycles.